The average Bonchev–Trinajstić information content (AvgIpc) is 2.35. The van der Waals surface area contributed by atoms with Crippen molar-refractivity contribution in [1.82, 2.24) is 5.32 Å². The summed E-state index contributed by atoms with van der Waals surface area (Å²) in [5.41, 5.74) is 1.39. The van der Waals surface area contributed by atoms with E-state index in [4.69, 9.17) is 4.74 Å². The van der Waals surface area contributed by atoms with Crippen molar-refractivity contribution in [2.24, 2.45) is 5.92 Å². The molecule has 18 heavy (non-hydrogen) atoms. The number of benzene rings is 1. The minimum absolute atomic E-state index is 0.575. The Balaban J connectivity index is 2.35. The lowest BCUT2D eigenvalue weighted by Gasteiger charge is -2.12. The van der Waals surface area contributed by atoms with Gasteiger partial charge in [-0.05, 0) is 49.9 Å². The van der Waals surface area contributed by atoms with Crippen molar-refractivity contribution in [2.75, 3.05) is 13.2 Å². The van der Waals surface area contributed by atoms with Crippen molar-refractivity contribution < 1.29 is 4.74 Å². The summed E-state index contributed by atoms with van der Waals surface area (Å²) in [6.07, 6.45) is 2.30. The molecule has 1 aromatic carbocycles. The third kappa shape index (κ3) is 6.06. The second kappa shape index (κ2) is 8.15. The lowest BCUT2D eigenvalue weighted by molar-refractivity contribution is 0.271. The van der Waals surface area contributed by atoms with Crippen molar-refractivity contribution >= 4 is 0 Å². The third-order valence-electron chi connectivity index (χ3n) is 2.93. The Labute approximate surface area is 112 Å². The van der Waals surface area contributed by atoms with E-state index in [0.29, 0.717) is 12.0 Å². The highest BCUT2D eigenvalue weighted by Gasteiger charge is 2.01. The molecule has 0 spiro atoms. The first-order valence-electron chi connectivity index (χ1n) is 7.07. The summed E-state index contributed by atoms with van der Waals surface area (Å²) < 4.78 is 5.67. The molecule has 1 atom stereocenters. The van der Waals surface area contributed by atoms with Gasteiger partial charge in [0.05, 0.1) is 6.61 Å². The van der Waals surface area contributed by atoms with Gasteiger partial charge in [0.1, 0.15) is 5.75 Å². The predicted octanol–water partition coefficient (Wildman–Crippen LogP) is 3.65. The van der Waals surface area contributed by atoms with Crippen LogP contribution in [0.2, 0.25) is 0 Å². The fourth-order valence-electron chi connectivity index (χ4n) is 1.85. The van der Waals surface area contributed by atoms with Crippen molar-refractivity contribution in [3.8, 4) is 5.75 Å². The molecule has 102 valence electrons. The molecule has 2 nitrogen and oxygen atoms in total. The quantitative estimate of drug-likeness (QED) is 0.759. The van der Waals surface area contributed by atoms with Crippen LogP contribution >= 0.6 is 0 Å². The summed E-state index contributed by atoms with van der Waals surface area (Å²) in [4.78, 5) is 0. The van der Waals surface area contributed by atoms with Gasteiger partial charge in [-0.25, -0.2) is 0 Å². The number of ether oxygens (including phenoxy) is 1. The second-order valence-electron chi connectivity index (χ2n) is 5.35. The first kappa shape index (κ1) is 15.0. The summed E-state index contributed by atoms with van der Waals surface area (Å²) in [6.45, 7) is 10.5. The molecule has 0 heterocycles. The molecule has 0 bridgehead atoms. The Morgan fingerprint density at radius 2 is 1.78 bits per heavy atom. The second-order valence-corrected chi connectivity index (χ2v) is 5.35. The van der Waals surface area contributed by atoms with Crippen molar-refractivity contribution in [1.29, 1.82) is 0 Å². The van der Waals surface area contributed by atoms with Crippen LogP contribution in [0.15, 0.2) is 24.3 Å². The molecule has 0 aromatic heterocycles. The molecule has 0 aliphatic carbocycles. The largest absolute Gasteiger partial charge is 0.493 e. The summed E-state index contributed by atoms with van der Waals surface area (Å²) in [5, 5.41) is 3.44. The lowest BCUT2D eigenvalue weighted by atomic mass is 10.1. The zero-order chi connectivity index (χ0) is 13.4. The van der Waals surface area contributed by atoms with Crippen molar-refractivity contribution in [2.45, 2.75) is 46.6 Å². The van der Waals surface area contributed by atoms with E-state index in [-0.39, 0.29) is 0 Å². The molecule has 2 heteroatoms. The molecule has 0 saturated carbocycles. The maximum Gasteiger partial charge on any atom is 0.119 e. The van der Waals surface area contributed by atoms with Crippen LogP contribution in [-0.4, -0.2) is 19.2 Å². The molecule has 1 N–H and O–H groups in total. The van der Waals surface area contributed by atoms with Crippen molar-refractivity contribution in [3.63, 3.8) is 0 Å². The van der Waals surface area contributed by atoms with Gasteiger partial charge in [-0.15, -0.1) is 0 Å². The highest BCUT2D eigenvalue weighted by Crippen LogP contribution is 2.14. The summed E-state index contributed by atoms with van der Waals surface area (Å²) in [6, 6.07) is 9.10. The minimum Gasteiger partial charge on any atom is -0.493 e. The zero-order valence-corrected chi connectivity index (χ0v) is 12.2. The molecule has 0 aliphatic rings. The first-order valence-corrected chi connectivity index (χ1v) is 7.07. The van der Waals surface area contributed by atoms with Gasteiger partial charge in [0.15, 0.2) is 0 Å². The van der Waals surface area contributed by atoms with Gasteiger partial charge in [0.2, 0.25) is 0 Å². The van der Waals surface area contributed by atoms with Gasteiger partial charge in [-0.1, -0.05) is 32.9 Å². The number of rotatable bonds is 8. The van der Waals surface area contributed by atoms with Gasteiger partial charge in [-0.2, -0.15) is 0 Å². The fraction of sp³-hybridized carbons (Fsp3) is 0.625. The number of aryl methyl sites for hydroxylation is 1. The van der Waals surface area contributed by atoms with E-state index >= 15 is 0 Å². The van der Waals surface area contributed by atoms with Crippen LogP contribution in [0.4, 0.5) is 0 Å². The van der Waals surface area contributed by atoms with Crippen molar-refractivity contribution in [3.05, 3.63) is 29.8 Å². The molecular weight excluding hydrogens is 222 g/mol. The van der Waals surface area contributed by atoms with Crippen LogP contribution in [-0.2, 0) is 6.42 Å². The van der Waals surface area contributed by atoms with E-state index in [0.717, 1.165) is 25.3 Å². The Bertz CT molecular complexity index is 318. The van der Waals surface area contributed by atoms with E-state index in [2.05, 4.69) is 57.3 Å². The molecule has 0 amide bonds. The van der Waals surface area contributed by atoms with E-state index in [1.165, 1.54) is 12.0 Å². The first-order chi connectivity index (χ1) is 8.61. The van der Waals surface area contributed by atoms with E-state index in [1.54, 1.807) is 0 Å². The molecule has 1 unspecified atom stereocenters. The number of hydrogen-bond acceptors (Lipinski definition) is 2. The normalized spacial score (nSPS) is 12.7. The molecule has 0 saturated heterocycles. The smallest absolute Gasteiger partial charge is 0.119 e. The highest BCUT2D eigenvalue weighted by molar-refractivity contribution is 5.27. The highest BCUT2D eigenvalue weighted by atomic mass is 16.5. The Morgan fingerprint density at radius 1 is 1.11 bits per heavy atom. The average molecular weight is 249 g/mol. The maximum absolute atomic E-state index is 5.67. The Morgan fingerprint density at radius 3 is 2.33 bits per heavy atom. The van der Waals surface area contributed by atoms with Gasteiger partial charge in [-0.3, -0.25) is 0 Å². The standard InChI is InChI=1S/C16H27NO/c1-5-17-14(4)6-7-15-8-10-16(11-9-15)18-12-13(2)3/h8-11,13-14,17H,5-7,12H2,1-4H3. The molecule has 0 aliphatic heterocycles. The summed E-state index contributed by atoms with van der Waals surface area (Å²) in [7, 11) is 0. The van der Waals surface area contributed by atoms with Crippen LogP contribution in [0, 0.1) is 5.92 Å². The van der Waals surface area contributed by atoms with Gasteiger partial charge >= 0.3 is 0 Å². The topological polar surface area (TPSA) is 21.3 Å². The molecular formula is C16H27NO. The monoisotopic (exact) mass is 249 g/mol. The van der Waals surface area contributed by atoms with Crippen LogP contribution in [0.1, 0.15) is 39.7 Å². The lowest BCUT2D eigenvalue weighted by Crippen LogP contribution is -2.25. The number of hydrogen-bond donors (Lipinski definition) is 1. The predicted molar refractivity (Wildman–Crippen MR) is 78.2 cm³/mol. The van der Waals surface area contributed by atoms with Gasteiger partial charge < -0.3 is 10.1 Å². The Hall–Kier alpha value is -1.02. The maximum atomic E-state index is 5.67. The number of nitrogens with one attached hydrogen (secondary N) is 1. The van der Waals surface area contributed by atoms with Crippen LogP contribution < -0.4 is 10.1 Å². The Kier molecular flexibility index (Phi) is 6.81. The summed E-state index contributed by atoms with van der Waals surface area (Å²) >= 11 is 0. The third-order valence-corrected chi connectivity index (χ3v) is 2.93. The summed E-state index contributed by atoms with van der Waals surface area (Å²) in [5.74, 6) is 1.55. The SMILES string of the molecule is CCNC(C)CCc1ccc(OCC(C)C)cc1. The molecule has 1 rings (SSSR count). The van der Waals surface area contributed by atoms with Crippen LogP contribution in [0.5, 0.6) is 5.75 Å². The van der Waals surface area contributed by atoms with Gasteiger partial charge in [0.25, 0.3) is 0 Å². The minimum atomic E-state index is 0.575. The van der Waals surface area contributed by atoms with E-state index < -0.39 is 0 Å². The molecule has 0 radical (unpaired) electrons. The zero-order valence-electron chi connectivity index (χ0n) is 12.2. The fourth-order valence-corrected chi connectivity index (χ4v) is 1.85. The molecule has 0 fully saturated rings. The molecule has 1 aromatic rings. The van der Waals surface area contributed by atoms with E-state index in [9.17, 15) is 0 Å². The van der Waals surface area contributed by atoms with Crippen LogP contribution in [0.25, 0.3) is 0 Å². The van der Waals surface area contributed by atoms with Crippen LogP contribution in [0.3, 0.4) is 0 Å². The van der Waals surface area contributed by atoms with Gasteiger partial charge in [0, 0.05) is 6.04 Å². The van der Waals surface area contributed by atoms with E-state index in [1.807, 2.05) is 0 Å².